The van der Waals surface area contributed by atoms with E-state index in [0.29, 0.717) is 29.0 Å². The van der Waals surface area contributed by atoms with Crippen LogP contribution in [-0.4, -0.2) is 48.4 Å². The van der Waals surface area contributed by atoms with E-state index in [2.05, 4.69) is 5.32 Å². The van der Waals surface area contributed by atoms with Gasteiger partial charge in [0.25, 0.3) is 5.91 Å². The molecule has 164 valence electrons. The van der Waals surface area contributed by atoms with Crippen LogP contribution in [0.5, 0.6) is 0 Å². The molecule has 2 aliphatic rings. The Morgan fingerprint density at radius 2 is 1.83 bits per heavy atom. The number of hydrogen-bond acceptors (Lipinski definition) is 4. The molecule has 0 aliphatic heterocycles. The number of amides is 2. The minimum atomic E-state index is -0.473. The van der Waals surface area contributed by atoms with E-state index in [0.717, 1.165) is 44.8 Å². The van der Waals surface area contributed by atoms with Gasteiger partial charge in [0.1, 0.15) is 5.60 Å². The van der Waals surface area contributed by atoms with Gasteiger partial charge in [-0.15, -0.1) is 0 Å². The van der Waals surface area contributed by atoms with Crippen LogP contribution in [0.1, 0.15) is 80.0 Å². The summed E-state index contributed by atoms with van der Waals surface area (Å²) in [5.74, 6) is 0.304. The van der Waals surface area contributed by atoms with E-state index < -0.39 is 5.60 Å². The monoisotopic (exact) mass is 414 g/mol. The summed E-state index contributed by atoms with van der Waals surface area (Å²) in [6.45, 7) is 6.31. The second kappa shape index (κ2) is 8.78. The summed E-state index contributed by atoms with van der Waals surface area (Å²) in [7, 11) is 1.84. The molecule has 1 aromatic rings. The molecule has 0 unspecified atom stereocenters. The van der Waals surface area contributed by atoms with Crippen LogP contribution in [0.4, 0.5) is 4.79 Å². The normalized spacial score (nSPS) is 25.9. The van der Waals surface area contributed by atoms with Crippen molar-refractivity contribution in [3.8, 4) is 0 Å². The highest BCUT2D eigenvalue weighted by molar-refractivity contribution is 6.01. The van der Waals surface area contributed by atoms with Crippen molar-refractivity contribution in [3.63, 3.8) is 0 Å². The lowest BCUT2D eigenvalue weighted by Gasteiger charge is -2.52. The molecular weight excluding hydrogens is 380 g/mol. The first-order valence-corrected chi connectivity index (χ1v) is 10.9. The van der Waals surface area contributed by atoms with Crippen molar-refractivity contribution in [2.45, 2.75) is 70.9 Å². The lowest BCUT2D eigenvalue weighted by Crippen LogP contribution is -2.49. The van der Waals surface area contributed by atoms with Crippen molar-refractivity contribution < 1.29 is 19.1 Å². The van der Waals surface area contributed by atoms with Crippen molar-refractivity contribution >= 4 is 18.3 Å². The quantitative estimate of drug-likeness (QED) is 0.723. The minimum Gasteiger partial charge on any atom is -0.444 e. The highest BCUT2D eigenvalue weighted by Crippen LogP contribution is 2.55. The van der Waals surface area contributed by atoms with E-state index in [1.165, 1.54) is 0 Å². The second-order valence-corrected chi connectivity index (χ2v) is 10.0. The zero-order valence-corrected chi connectivity index (χ0v) is 18.6. The highest BCUT2D eigenvalue weighted by Gasteiger charge is 2.46. The third-order valence-electron chi connectivity index (χ3n) is 6.57. The fourth-order valence-corrected chi connectivity index (χ4v) is 4.94. The second-order valence-electron chi connectivity index (χ2n) is 10.0. The number of nitrogens with zero attached hydrogens (tertiary/aromatic N) is 1. The van der Waals surface area contributed by atoms with Crippen LogP contribution >= 0.6 is 0 Å². The number of carbonyl (C=O) groups is 3. The molecule has 2 amide bonds. The fourth-order valence-electron chi connectivity index (χ4n) is 4.94. The molecule has 0 atom stereocenters. The van der Waals surface area contributed by atoms with Crippen LogP contribution in [0.25, 0.3) is 0 Å². The Bertz CT molecular complexity index is 783. The van der Waals surface area contributed by atoms with E-state index in [1.807, 2.05) is 27.8 Å². The molecule has 1 spiro atoms. The maximum Gasteiger partial charge on any atom is 0.410 e. The molecule has 0 aromatic heterocycles. The average Bonchev–Trinajstić information content (AvgIpc) is 2.68. The number of carbonyl (C=O) groups excluding carboxylic acids is 3. The number of ether oxygens (including phenoxy) is 1. The van der Waals surface area contributed by atoms with Gasteiger partial charge >= 0.3 is 6.09 Å². The first kappa shape index (κ1) is 22.3. The average molecular weight is 415 g/mol. The van der Waals surface area contributed by atoms with Crippen molar-refractivity contribution in [2.75, 3.05) is 13.6 Å². The molecule has 0 radical (unpaired) electrons. The summed E-state index contributed by atoms with van der Waals surface area (Å²) >= 11 is 0. The predicted octanol–water partition coefficient (Wildman–Crippen LogP) is 4.43. The van der Waals surface area contributed by atoms with Crippen LogP contribution < -0.4 is 5.32 Å². The molecule has 1 aromatic carbocycles. The summed E-state index contributed by atoms with van der Waals surface area (Å²) in [4.78, 5) is 37.6. The summed E-state index contributed by atoms with van der Waals surface area (Å²) in [6.07, 6.45) is 6.94. The van der Waals surface area contributed by atoms with Crippen molar-refractivity contribution in [2.24, 2.45) is 11.3 Å². The smallest absolute Gasteiger partial charge is 0.410 e. The Balaban J connectivity index is 1.42. The molecule has 2 fully saturated rings. The number of benzene rings is 1. The molecule has 2 saturated carbocycles. The van der Waals surface area contributed by atoms with E-state index in [9.17, 15) is 14.4 Å². The molecule has 0 saturated heterocycles. The lowest BCUT2D eigenvalue weighted by molar-refractivity contribution is -0.0186. The van der Waals surface area contributed by atoms with Crippen molar-refractivity contribution in [3.05, 3.63) is 35.4 Å². The van der Waals surface area contributed by atoms with Gasteiger partial charge in [-0.25, -0.2) is 4.79 Å². The van der Waals surface area contributed by atoms with Crippen LogP contribution in [0, 0.1) is 11.3 Å². The van der Waals surface area contributed by atoms with Gasteiger partial charge in [-0.2, -0.15) is 0 Å². The Labute approximate surface area is 179 Å². The molecule has 6 nitrogen and oxygen atoms in total. The first-order valence-electron chi connectivity index (χ1n) is 10.9. The minimum absolute atomic E-state index is 0.179. The van der Waals surface area contributed by atoms with Gasteiger partial charge in [0.05, 0.1) is 0 Å². The van der Waals surface area contributed by atoms with Crippen LogP contribution in [0.2, 0.25) is 0 Å². The van der Waals surface area contributed by atoms with Crippen molar-refractivity contribution in [1.82, 2.24) is 10.2 Å². The van der Waals surface area contributed by atoms with Gasteiger partial charge in [0.15, 0.2) is 6.29 Å². The molecule has 0 heterocycles. The predicted molar refractivity (Wildman–Crippen MR) is 116 cm³/mol. The number of nitrogens with one attached hydrogen (secondary N) is 1. The highest BCUT2D eigenvalue weighted by atomic mass is 16.6. The SMILES string of the molecule is CN(C(=O)OC(C)(C)C)[C@H]1CCC2(CC1)C[C@@H](CNC(=O)c1ccccc1C=O)C2. The largest absolute Gasteiger partial charge is 0.444 e. The summed E-state index contributed by atoms with van der Waals surface area (Å²) < 4.78 is 5.49. The number of rotatable bonds is 5. The third kappa shape index (κ3) is 5.21. The van der Waals surface area contributed by atoms with Crippen LogP contribution in [-0.2, 0) is 4.74 Å². The standard InChI is InChI=1S/C24H34N2O4/c1-23(2,3)30-22(29)26(4)19-9-11-24(12-10-19)13-17(14-24)15-25-21(28)20-8-6-5-7-18(20)16-27/h5-8,16-17,19H,9-15H2,1-4H3,(H,25,28)/t17-,19-,24?. The van der Waals surface area contributed by atoms with E-state index >= 15 is 0 Å². The zero-order valence-electron chi connectivity index (χ0n) is 18.6. The van der Waals surface area contributed by atoms with Crippen LogP contribution in [0.3, 0.4) is 0 Å². The van der Waals surface area contributed by atoms with Gasteiger partial charge in [-0.3, -0.25) is 9.59 Å². The van der Waals surface area contributed by atoms with Gasteiger partial charge in [-0.1, -0.05) is 18.2 Å². The molecule has 1 N–H and O–H groups in total. The fraction of sp³-hybridized carbons (Fsp3) is 0.625. The molecular formula is C24H34N2O4. The summed E-state index contributed by atoms with van der Waals surface area (Å²) in [5.41, 5.74) is 0.750. The number of hydrogen-bond donors (Lipinski definition) is 1. The summed E-state index contributed by atoms with van der Waals surface area (Å²) in [6, 6.07) is 7.11. The van der Waals surface area contributed by atoms with E-state index in [4.69, 9.17) is 4.74 Å². The maximum absolute atomic E-state index is 12.4. The molecule has 30 heavy (non-hydrogen) atoms. The van der Waals surface area contributed by atoms with Gasteiger partial charge < -0.3 is 15.0 Å². The Kier molecular flexibility index (Phi) is 6.53. The van der Waals surface area contributed by atoms with E-state index in [-0.39, 0.29) is 18.0 Å². The molecule has 2 aliphatic carbocycles. The first-order chi connectivity index (χ1) is 14.1. The lowest BCUT2D eigenvalue weighted by atomic mass is 9.55. The Hall–Kier alpha value is -2.37. The zero-order chi connectivity index (χ0) is 21.9. The van der Waals surface area contributed by atoms with Gasteiger partial charge in [0, 0.05) is 30.8 Å². The maximum atomic E-state index is 12.4. The summed E-state index contributed by atoms with van der Waals surface area (Å²) in [5, 5.41) is 2.99. The molecule has 0 bridgehead atoms. The van der Waals surface area contributed by atoms with E-state index in [1.54, 1.807) is 29.2 Å². The Morgan fingerprint density at radius 1 is 1.20 bits per heavy atom. The Morgan fingerprint density at radius 3 is 2.43 bits per heavy atom. The molecule has 3 rings (SSSR count). The third-order valence-corrected chi connectivity index (χ3v) is 6.57. The van der Waals surface area contributed by atoms with Crippen molar-refractivity contribution in [1.29, 1.82) is 0 Å². The van der Waals surface area contributed by atoms with Gasteiger partial charge in [0.2, 0.25) is 0 Å². The molecule has 6 heteroatoms. The topological polar surface area (TPSA) is 75.7 Å². The van der Waals surface area contributed by atoms with Crippen LogP contribution in [0.15, 0.2) is 24.3 Å². The number of aldehydes is 1. The van der Waals surface area contributed by atoms with Gasteiger partial charge in [-0.05, 0) is 76.7 Å².